The first-order chi connectivity index (χ1) is 11.2. The molecule has 7 heteroatoms. The van der Waals surface area contributed by atoms with Crippen LogP contribution in [0, 0.1) is 5.92 Å². The predicted octanol–water partition coefficient (Wildman–Crippen LogP) is 1.25. The summed E-state index contributed by atoms with van der Waals surface area (Å²) in [7, 11) is 0. The van der Waals surface area contributed by atoms with Gasteiger partial charge in [0.2, 0.25) is 17.7 Å². The Balaban J connectivity index is 1.42. The number of hydrogen-bond donors (Lipinski definition) is 1. The van der Waals surface area contributed by atoms with Crippen LogP contribution in [0.4, 0.5) is 0 Å². The van der Waals surface area contributed by atoms with E-state index in [1.54, 1.807) is 4.90 Å². The van der Waals surface area contributed by atoms with E-state index in [2.05, 4.69) is 15.5 Å². The zero-order valence-corrected chi connectivity index (χ0v) is 13.6. The van der Waals surface area contributed by atoms with E-state index >= 15 is 0 Å². The molecule has 1 aromatic heterocycles. The van der Waals surface area contributed by atoms with Crippen LogP contribution < -0.4 is 5.32 Å². The summed E-state index contributed by atoms with van der Waals surface area (Å²) in [5.74, 6) is 1.56. The standard InChI is InChI=1S/C16H24N4O3/c1-2-20-10-12(9-14(20)21)15(22)17-8-7-13-18-16(23-19-13)11-5-3-4-6-11/h11-12H,2-10H2,1H3,(H,17,22)/t12-/m1/s1. The van der Waals surface area contributed by atoms with Gasteiger partial charge in [0.05, 0.1) is 5.92 Å². The fourth-order valence-corrected chi connectivity index (χ4v) is 3.40. The van der Waals surface area contributed by atoms with Crippen LogP contribution in [-0.2, 0) is 16.0 Å². The number of carbonyl (C=O) groups excluding carboxylic acids is 2. The number of nitrogens with one attached hydrogen (secondary N) is 1. The molecule has 0 radical (unpaired) electrons. The van der Waals surface area contributed by atoms with E-state index in [-0.39, 0.29) is 17.7 Å². The summed E-state index contributed by atoms with van der Waals surface area (Å²) >= 11 is 0. The van der Waals surface area contributed by atoms with Crippen molar-refractivity contribution in [1.82, 2.24) is 20.4 Å². The largest absolute Gasteiger partial charge is 0.355 e. The average Bonchev–Trinajstić information content (AvgIpc) is 3.27. The highest BCUT2D eigenvalue weighted by molar-refractivity contribution is 5.89. The van der Waals surface area contributed by atoms with Crippen LogP contribution >= 0.6 is 0 Å². The van der Waals surface area contributed by atoms with Crippen molar-refractivity contribution < 1.29 is 14.1 Å². The normalized spacial score (nSPS) is 22.0. The maximum Gasteiger partial charge on any atom is 0.229 e. The Labute approximate surface area is 135 Å². The highest BCUT2D eigenvalue weighted by Crippen LogP contribution is 2.32. The van der Waals surface area contributed by atoms with E-state index in [9.17, 15) is 9.59 Å². The fraction of sp³-hybridized carbons (Fsp3) is 0.750. The van der Waals surface area contributed by atoms with Gasteiger partial charge in [-0.3, -0.25) is 9.59 Å². The Morgan fingerprint density at radius 2 is 2.17 bits per heavy atom. The molecule has 7 nitrogen and oxygen atoms in total. The van der Waals surface area contributed by atoms with E-state index < -0.39 is 0 Å². The Bertz CT molecular complexity index is 565. The van der Waals surface area contributed by atoms with Gasteiger partial charge in [-0.2, -0.15) is 4.98 Å². The van der Waals surface area contributed by atoms with Gasteiger partial charge in [0.1, 0.15) is 0 Å². The summed E-state index contributed by atoms with van der Waals surface area (Å²) in [6.45, 7) is 3.58. The fourth-order valence-electron chi connectivity index (χ4n) is 3.40. The molecule has 1 saturated carbocycles. The highest BCUT2D eigenvalue weighted by Gasteiger charge is 2.33. The molecule has 23 heavy (non-hydrogen) atoms. The topological polar surface area (TPSA) is 88.3 Å². The van der Waals surface area contributed by atoms with Gasteiger partial charge in [-0.05, 0) is 19.8 Å². The molecule has 0 spiro atoms. The molecule has 1 aromatic rings. The highest BCUT2D eigenvalue weighted by atomic mass is 16.5. The van der Waals surface area contributed by atoms with Gasteiger partial charge in [0.15, 0.2) is 5.82 Å². The minimum absolute atomic E-state index is 0.0613. The third kappa shape index (κ3) is 3.71. The summed E-state index contributed by atoms with van der Waals surface area (Å²) in [6.07, 6.45) is 5.58. The molecule has 2 fully saturated rings. The van der Waals surface area contributed by atoms with Crippen molar-refractivity contribution in [3.63, 3.8) is 0 Å². The molecule has 1 saturated heterocycles. The van der Waals surface area contributed by atoms with Gasteiger partial charge in [0.25, 0.3) is 0 Å². The van der Waals surface area contributed by atoms with Gasteiger partial charge in [0, 0.05) is 38.4 Å². The SMILES string of the molecule is CCN1C[C@H](C(=O)NCCc2noc(C3CCCC3)n2)CC1=O. The van der Waals surface area contributed by atoms with Crippen molar-refractivity contribution in [2.24, 2.45) is 5.92 Å². The molecule has 2 amide bonds. The van der Waals surface area contributed by atoms with E-state index in [0.29, 0.717) is 44.2 Å². The first-order valence-corrected chi connectivity index (χ1v) is 8.55. The quantitative estimate of drug-likeness (QED) is 0.852. The maximum absolute atomic E-state index is 12.1. The van der Waals surface area contributed by atoms with Crippen LogP contribution in [0.3, 0.4) is 0 Å². The van der Waals surface area contributed by atoms with Gasteiger partial charge >= 0.3 is 0 Å². The summed E-state index contributed by atoms with van der Waals surface area (Å²) in [6, 6.07) is 0. The molecular formula is C16H24N4O3. The Morgan fingerprint density at radius 1 is 1.39 bits per heavy atom. The Kier molecular flexibility index (Phi) is 4.93. The molecule has 1 atom stereocenters. The number of aromatic nitrogens is 2. The number of amides is 2. The first-order valence-electron chi connectivity index (χ1n) is 8.55. The van der Waals surface area contributed by atoms with E-state index in [1.807, 2.05) is 6.92 Å². The lowest BCUT2D eigenvalue weighted by Crippen LogP contribution is -2.34. The number of hydrogen-bond acceptors (Lipinski definition) is 5. The lowest BCUT2D eigenvalue weighted by molar-refractivity contribution is -0.128. The second-order valence-electron chi connectivity index (χ2n) is 6.40. The molecule has 2 heterocycles. The van der Waals surface area contributed by atoms with Crippen LogP contribution in [0.25, 0.3) is 0 Å². The molecule has 0 bridgehead atoms. The van der Waals surface area contributed by atoms with Crippen molar-refractivity contribution in [2.45, 2.75) is 51.4 Å². The van der Waals surface area contributed by atoms with E-state index in [1.165, 1.54) is 12.8 Å². The molecule has 1 aliphatic carbocycles. The molecule has 1 aliphatic heterocycles. The number of nitrogens with zero attached hydrogens (tertiary/aromatic N) is 3. The second kappa shape index (κ2) is 7.10. The Hall–Kier alpha value is -1.92. The van der Waals surface area contributed by atoms with Gasteiger partial charge < -0.3 is 14.7 Å². The van der Waals surface area contributed by atoms with Crippen LogP contribution in [0.5, 0.6) is 0 Å². The molecule has 3 rings (SSSR count). The summed E-state index contributed by atoms with van der Waals surface area (Å²) in [5, 5.41) is 6.87. The lowest BCUT2D eigenvalue weighted by atomic mass is 10.1. The zero-order valence-electron chi connectivity index (χ0n) is 13.6. The van der Waals surface area contributed by atoms with E-state index in [4.69, 9.17) is 4.52 Å². The van der Waals surface area contributed by atoms with Crippen molar-refractivity contribution in [2.75, 3.05) is 19.6 Å². The van der Waals surface area contributed by atoms with Crippen LogP contribution in [0.15, 0.2) is 4.52 Å². The number of likely N-dealkylation sites (tertiary alicyclic amines) is 1. The first kappa shape index (κ1) is 16.0. The minimum atomic E-state index is -0.234. The summed E-state index contributed by atoms with van der Waals surface area (Å²) in [5.41, 5.74) is 0. The maximum atomic E-state index is 12.1. The molecule has 0 aromatic carbocycles. The van der Waals surface area contributed by atoms with Gasteiger partial charge in [-0.1, -0.05) is 18.0 Å². The van der Waals surface area contributed by atoms with Crippen molar-refractivity contribution >= 4 is 11.8 Å². The molecule has 1 N–H and O–H groups in total. The predicted molar refractivity (Wildman–Crippen MR) is 82.6 cm³/mol. The zero-order chi connectivity index (χ0) is 16.2. The van der Waals surface area contributed by atoms with E-state index in [0.717, 1.165) is 18.7 Å². The summed E-state index contributed by atoms with van der Waals surface area (Å²) in [4.78, 5) is 29.9. The lowest BCUT2D eigenvalue weighted by Gasteiger charge is -2.13. The van der Waals surface area contributed by atoms with Crippen LogP contribution in [0.2, 0.25) is 0 Å². The van der Waals surface area contributed by atoms with Crippen LogP contribution in [0.1, 0.15) is 56.7 Å². The number of rotatable bonds is 6. The summed E-state index contributed by atoms with van der Waals surface area (Å²) < 4.78 is 5.32. The Morgan fingerprint density at radius 3 is 2.87 bits per heavy atom. The van der Waals surface area contributed by atoms with Crippen LogP contribution in [-0.4, -0.2) is 46.5 Å². The molecular weight excluding hydrogens is 296 g/mol. The minimum Gasteiger partial charge on any atom is -0.355 e. The molecule has 126 valence electrons. The monoisotopic (exact) mass is 320 g/mol. The van der Waals surface area contributed by atoms with Gasteiger partial charge in [-0.15, -0.1) is 0 Å². The molecule has 0 unspecified atom stereocenters. The third-order valence-corrected chi connectivity index (χ3v) is 4.80. The molecule has 2 aliphatic rings. The van der Waals surface area contributed by atoms with Crippen molar-refractivity contribution in [1.29, 1.82) is 0 Å². The average molecular weight is 320 g/mol. The second-order valence-corrected chi connectivity index (χ2v) is 6.40. The smallest absolute Gasteiger partial charge is 0.229 e. The van der Waals surface area contributed by atoms with Crippen molar-refractivity contribution in [3.8, 4) is 0 Å². The number of carbonyl (C=O) groups is 2. The van der Waals surface area contributed by atoms with Gasteiger partial charge in [-0.25, -0.2) is 0 Å². The third-order valence-electron chi connectivity index (χ3n) is 4.80. The van der Waals surface area contributed by atoms with Crippen molar-refractivity contribution in [3.05, 3.63) is 11.7 Å².